The minimum Gasteiger partial charge on any atom is -0.283 e. The number of nitrogens with one attached hydrogen (secondary N) is 1. The van der Waals surface area contributed by atoms with Crippen molar-refractivity contribution in [2.45, 2.75) is 6.42 Å². The first-order valence-electron chi connectivity index (χ1n) is 3.84. The van der Waals surface area contributed by atoms with Gasteiger partial charge in [0.25, 0.3) is 0 Å². The summed E-state index contributed by atoms with van der Waals surface area (Å²) in [6.07, 6.45) is 0.762. The Kier molecular flexibility index (Phi) is 4.63. The number of hydroxylamine groups is 1. The van der Waals surface area contributed by atoms with Crippen LogP contribution in [0.4, 0.5) is 0 Å². The maximum Gasteiger partial charge on any atom is 0.319 e. The molecule has 1 aromatic carbocycles. The first-order valence-corrected chi connectivity index (χ1v) is 4.87. The second-order valence-electron chi connectivity index (χ2n) is 2.43. The van der Waals surface area contributed by atoms with Gasteiger partial charge >= 0.3 is 11.4 Å². The summed E-state index contributed by atoms with van der Waals surface area (Å²) in [6, 6.07) is 9.80. The highest BCUT2D eigenvalue weighted by Gasteiger charge is 1.93. The minimum atomic E-state index is -2.23. The Balaban J connectivity index is 2.17. The highest BCUT2D eigenvalue weighted by Crippen LogP contribution is 1.97. The van der Waals surface area contributed by atoms with Gasteiger partial charge in [0.1, 0.15) is 0 Å². The third-order valence-electron chi connectivity index (χ3n) is 1.49. The van der Waals surface area contributed by atoms with Gasteiger partial charge in [-0.1, -0.05) is 30.3 Å². The molecule has 0 saturated heterocycles. The molecule has 0 radical (unpaired) electrons. The van der Waals surface area contributed by atoms with Crippen LogP contribution in [-0.4, -0.2) is 15.3 Å². The fourth-order valence-corrected chi connectivity index (χ4v) is 1.12. The molecule has 0 aliphatic heterocycles. The summed E-state index contributed by atoms with van der Waals surface area (Å²) in [5.74, 6) is 0. The molecule has 72 valence electrons. The molecule has 1 rings (SSSR count). The quantitative estimate of drug-likeness (QED) is 0.422. The maximum absolute atomic E-state index is 10.0. The average molecular weight is 201 g/mol. The lowest BCUT2D eigenvalue weighted by atomic mass is 10.2. The van der Waals surface area contributed by atoms with Crippen LogP contribution < -0.4 is 5.48 Å². The van der Waals surface area contributed by atoms with Crippen molar-refractivity contribution >= 4 is 11.4 Å². The van der Waals surface area contributed by atoms with Crippen molar-refractivity contribution in [3.63, 3.8) is 0 Å². The van der Waals surface area contributed by atoms with E-state index in [0.717, 1.165) is 12.0 Å². The lowest BCUT2D eigenvalue weighted by Gasteiger charge is -2.01. The average Bonchev–Trinajstić information content (AvgIpc) is 2.14. The molecule has 1 aromatic rings. The van der Waals surface area contributed by atoms with E-state index in [9.17, 15) is 4.21 Å². The van der Waals surface area contributed by atoms with Crippen LogP contribution in [-0.2, 0) is 22.1 Å². The van der Waals surface area contributed by atoms with Crippen LogP contribution in [0.15, 0.2) is 30.3 Å². The summed E-state index contributed by atoms with van der Waals surface area (Å²) in [7, 11) is 0. The normalized spacial score (nSPS) is 12.7. The smallest absolute Gasteiger partial charge is 0.283 e. The van der Waals surface area contributed by atoms with E-state index in [0.29, 0.717) is 6.54 Å². The van der Waals surface area contributed by atoms with Gasteiger partial charge in [0, 0.05) is 6.54 Å². The monoisotopic (exact) mass is 201 g/mol. The van der Waals surface area contributed by atoms with E-state index in [-0.39, 0.29) is 0 Å². The Hall–Kier alpha value is -0.750. The second-order valence-corrected chi connectivity index (χ2v) is 3.03. The molecule has 0 amide bonds. The Morgan fingerprint density at radius 1 is 1.38 bits per heavy atom. The second kappa shape index (κ2) is 5.82. The zero-order valence-electron chi connectivity index (χ0n) is 6.97. The van der Waals surface area contributed by atoms with Gasteiger partial charge in [-0.3, -0.25) is 4.55 Å². The predicted octanol–water partition coefficient (Wildman–Crippen LogP) is 0.887. The molecule has 0 aliphatic carbocycles. The predicted molar refractivity (Wildman–Crippen MR) is 50.0 cm³/mol. The molecule has 0 aliphatic rings. The van der Waals surface area contributed by atoms with Crippen molar-refractivity contribution in [2.75, 3.05) is 6.54 Å². The number of rotatable bonds is 5. The van der Waals surface area contributed by atoms with E-state index in [1.165, 1.54) is 0 Å². The summed E-state index contributed by atoms with van der Waals surface area (Å²) in [5, 5.41) is 0. The first-order chi connectivity index (χ1) is 6.29. The Bertz CT molecular complexity index is 265. The molecule has 5 heteroatoms. The molecule has 1 atom stereocenters. The topological polar surface area (TPSA) is 58.6 Å². The summed E-state index contributed by atoms with van der Waals surface area (Å²) < 4.78 is 22.5. The Morgan fingerprint density at radius 2 is 2.08 bits per heavy atom. The van der Waals surface area contributed by atoms with Crippen molar-refractivity contribution in [2.24, 2.45) is 0 Å². The van der Waals surface area contributed by atoms with Crippen LogP contribution >= 0.6 is 0 Å². The van der Waals surface area contributed by atoms with Crippen LogP contribution in [0.25, 0.3) is 0 Å². The van der Waals surface area contributed by atoms with Crippen LogP contribution in [0.3, 0.4) is 0 Å². The molecular weight excluding hydrogens is 190 g/mol. The standard InChI is InChI=1S/C8H11NO3S/c10-13(11)12-9-7-6-8-4-2-1-3-5-8/h1-5,9H,6-7H2,(H,10,11). The zero-order chi connectivity index (χ0) is 9.52. The van der Waals surface area contributed by atoms with Crippen molar-refractivity contribution in [3.8, 4) is 0 Å². The summed E-state index contributed by atoms with van der Waals surface area (Å²) >= 11 is -2.23. The van der Waals surface area contributed by atoms with E-state index in [2.05, 4.69) is 9.76 Å². The van der Waals surface area contributed by atoms with E-state index >= 15 is 0 Å². The molecular formula is C8H11NO3S. The van der Waals surface area contributed by atoms with Crippen molar-refractivity contribution in [1.29, 1.82) is 0 Å². The lowest BCUT2D eigenvalue weighted by molar-refractivity contribution is 0.199. The van der Waals surface area contributed by atoms with Crippen LogP contribution in [0.2, 0.25) is 0 Å². The number of hydrogen-bond acceptors (Lipinski definition) is 3. The van der Waals surface area contributed by atoms with E-state index < -0.39 is 11.4 Å². The minimum absolute atomic E-state index is 0.510. The largest absolute Gasteiger partial charge is 0.319 e. The highest BCUT2D eigenvalue weighted by atomic mass is 32.2. The molecule has 0 fully saturated rings. The van der Waals surface area contributed by atoms with Crippen LogP contribution in [0.1, 0.15) is 5.56 Å². The van der Waals surface area contributed by atoms with Gasteiger partial charge < -0.3 is 0 Å². The molecule has 0 aromatic heterocycles. The van der Waals surface area contributed by atoms with Gasteiger partial charge in [0.05, 0.1) is 0 Å². The van der Waals surface area contributed by atoms with Crippen molar-refractivity contribution < 1.29 is 13.0 Å². The summed E-state index contributed by atoms with van der Waals surface area (Å²) in [6.45, 7) is 0.510. The van der Waals surface area contributed by atoms with Gasteiger partial charge in [-0.05, 0) is 12.0 Å². The molecule has 0 heterocycles. The van der Waals surface area contributed by atoms with Crippen LogP contribution in [0.5, 0.6) is 0 Å². The molecule has 4 nitrogen and oxygen atoms in total. The molecule has 2 N–H and O–H groups in total. The van der Waals surface area contributed by atoms with E-state index in [1.54, 1.807) is 0 Å². The number of benzene rings is 1. The molecule has 0 saturated carbocycles. The van der Waals surface area contributed by atoms with Crippen molar-refractivity contribution in [3.05, 3.63) is 35.9 Å². The van der Waals surface area contributed by atoms with Gasteiger partial charge in [0.2, 0.25) is 0 Å². The SMILES string of the molecule is O=S(O)ONCCc1ccccc1. The third-order valence-corrected chi connectivity index (χ3v) is 1.75. The lowest BCUT2D eigenvalue weighted by Crippen LogP contribution is -2.18. The van der Waals surface area contributed by atoms with E-state index in [4.69, 9.17) is 4.55 Å². The highest BCUT2D eigenvalue weighted by molar-refractivity contribution is 7.74. The summed E-state index contributed by atoms with van der Waals surface area (Å²) in [5.41, 5.74) is 3.54. The van der Waals surface area contributed by atoms with Crippen LogP contribution in [0, 0.1) is 0 Å². The molecule has 13 heavy (non-hydrogen) atoms. The third kappa shape index (κ3) is 4.74. The van der Waals surface area contributed by atoms with Gasteiger partial charge in [-0.25, -0.2) is 0 Å². The zero-order valence-corrected chi connectivity index (χ0v) is 7.79. The van der Waals surface area contributed by atoms with Gasteiger partial charge in [-0.2, -0.15) is 14.0 Å². The Morgan fingerprint density at radius 3 is 2.69 bits per heavy atom. The fourth-order valence-electron chi connectivity index (χ4n) is 0.932. The molecule has 0 spiro atoms. The molecule has 1 unspecified atom stereocenters. The summed E-state index contributed by atoms with van der Waals surface area (Å²) in [4.78, 5) is 0. The fraction of sp³-hybridized carbons (Fsp3) is 0.250. The Labute approximate surface area is 79.4 Å². The number of hydrogen-bond donors (Lipinski definition) is 2. The maximum atomic E-state index is 10.0. The van der Waals surface area contributed by atoms with Gasteiger partial charge in [-0.15, -0.1) is 0 Å². The van der Waals surface area contributed by atoms with E-state index in [1.807, 2.05) is 30.3 Å². The van der Waals surface area contributed by atoms with Gasteiger partial charge in [0.15, 0.2) is 0 Å². The molecule has 0 bridgehead atoms. The first kappa shape index (κ1) is 10.3. The van der Waals surface area contributed by atoms with Crippen molar-refractivity contribution in [1.82, 2.24) is 5.48 Å².